The van der Waals surface area contributed by atoms with Gasteiger partial charge in [0.1, 0.15) is 0 Å². The molecule has 0 aromatic rings. The molecule has 0 aliphatic rings. The Hall–Kier alpha value is -0.770. The summed E-state index contributed by atoms with van der Waals surface area (Å²) in [7, 11) is 3.00. The van der Waals surface area contributed by atoms with Gasteiger partial charge in [0.05, 0.1) is 7.11 Å². The minimum atomic E-state index is -0.372. The maximum Gasteiger partial charge on any atom is 0.409 e. The first-order chi connectivity index (χ1) is 4.87. The van der Waals surface area contributed by atoms with Crippen LogP contribution in [-0.4, -0.2) is 37.2 Å². The minimum absolute atomic E-state index is 0.358. The van der Waals surface area contributed by atoms with Crippen molar-refractivity contribution in [3.63, 3.8) is 0 Å². The Labute approximate surface area is 67.3 Å². The van der Waals surface area contributed by atoms with Gasteiger partial charge in [0.15, 0.2) is 0 Å². The molecule has 0 rings (SSSR count). The number of carbonyl (C=O) groups is 1. The summed E-state index contributed by atoms with van der Waals surface area (Å²) in [5.41, 5.74) is 5.31. The number of ether oxygens (including phenoxy) is 1. The zero-order valence-electron chi connectivity index (χ0n) is 7.55. The van der Waals surface area contributed by atoms with E-state index >= 15 is 0 Å². The zero-order chi connectivity index (χ0) is 9.07. The van der Waals surface area contributed by atoms with E-state index in [-0.39, 0.29) is 11.6 Å². The van der Waals surface area contributed by atoms with Crippen LogP contribution in [0.25, 0.3) is 0 Å². The first-order valence-corrected chi connectivity index (χ1v) is 3.45. The van der Waals surface area contributed by atoms with Crippen LogP contribution in [0, 0.1) is 0 Å². The van der Waals surface area contributed by atoms with E-state index in [0.29, 0.717) is 6.54 Å². The molecule has 0 radical (unpaired) electrons. The third kappa shape index (κ3) is 4.61. The first-order valence-electron chi connectivity index (χ1n) is 3.45. The molecule has 4 heteroatoms. The Morgan fingerprint density at radius 2 is 2.09 bits per heavy atom. The molecule has 1 amide bonds. The van der Waals surface area contributed by atoms with E-state index in [0.717, 1.165) is 0 Å². The summed E-state index contributed by atoms with van der Waals surface area (Å²) < 4.78 is 4.49. The fourth-order valence-electron chi connectivity index (χ4n) is 0.832. The van der Waals surface area contributed by atoms with Gasteiger partial charge in [-0.05, 0) is 13.8 Å². The first kappa shape index (κ1) is 10.2. The van der Waals surface area contributed by atoms with E-state index in [4.69, 9.17) is 5.73 Å². The molecule has 0 bridgehead atoms. The fourth-order valence-corrected chi connectivity index (χ4v) is 0.832. The molecule has 0 spiro atoms. The average Bonchev–Trinajstić information content (AvgIpc) is 1.82. The van der Waals surface area contributed by atoms with Crippen molar-refractivity contribution in [1.29, 1.82) is 0 Å². The van der Waals surface area contributed by atoms with Crippen molar-refractivity contribution in [3.8, 4) is 0 Å². The lowest BCUT2D eigenvalue weighted by Crippen LogP contribution is -2.45. The second-order valence-corrected chi connectivity index (χ2v) is 3.31. The van der Waals surface area contributed by atoms with Crippen LogP contribution in [0.2, 0.25) is 0 Å². The molecule has 0 saturated heterocycles. The van der Waals surface area contributed by atoms with Crippen LogP contribution >= 0.6 is 0 Å². The van der Waals surface area contributed by atoms with Crippen molar-refractivity contribution in [2.45, 2.75) is 19.4 Å². The van der Waals surface area contributed by atoms with Crippen molar-refractivity contribution in [3.05, 3.63) is 0 Å². The van der Waals surface area contributed by atoms with Crippen molar-refractivity contribution >= 4 is 6.09 Å². The maximum atomic E-state index is 10.8. The number of carbonyl (C=O) groups excluding carboxylic acids is 1. The summed E-state index contributed by atoms with van der Waals surface area (Å²) in [6, 6.07) is 0. The molecule has 0 aliphatic carbocycles. The predicted octanol–water partition coefficient (Wildman–Crippen LogP) is 0.422. The lowest BCUT2D eigenvalue weighted by molar-refractivity contribution is 0.126. The Kier molecular flexibility index (Phi) is 3.32. The summed E-state index contributed by atoms with van der Waals surface area (Å²) in [4.78, 5) is 12.3. The van der Waals surface area contributed by atoms with Gasteiger partial charge in [0.2, 0.25) is 0 Å². The summed E-state index contributed by atoms with van der Waals surface area (Å²) in [6.07, 6.45) is -0.358. The van der Waals surface area contributed by atoms with Crippen LogP contribution in [0.15, 0.2) is 0 Å². The number of nitrogens with two attached hydrogens (primary N) is 1. The van der Waals surface area contributed by atoms with Crippen molar-refractivity contribution in [1.82, 2.24) is 4.90 Å². The van der Waals surface area contributed by atoms with Gasteiger partial charge in [0.25, 0.3) is 0 Å². The van der Waals surface area contributed by atoms with Gasteiger partial charge in [-0.2, -0.15) is 0 Å². The number of amides is 1. The molecule has 66 valence electrons. The Morgan fingerprint density at radius 3 is 2.36 bits per heavy atom. The molecule has 0 aromatic carbocycles. The van der Waals surface area contributed by atoms with E-state index in [2.05, 4.69) is 4.74 Å². The summed E-state index contributed by atoms with van der Waals surface area (Å²) in [5.74, 6) is 0. The number of hydrogen-bond acceptors (Lipinski definition) is 3. The lowest BCUT2D eigenvalue weighted by atomic mass is 10.1. The van der Waals surface area contributed by atoms with Crippen LogP contribution in [0.4, 0.5) is 4.79 Å². The topological polar surface area (TPSA) is 55.6 Å². The molecule has 4 nitrogen and oxygen atoms in total. The second-order valence-electron chi connectivity index (χ2n) is 3.31. The smallest absolute Gasteiger partial charge is 0.409 e. The van der Waals surface area contributed by atoms with Crippen molar-refractivity contribution < 1.29 is 9.53 Å². The highest BCUT2D eigenvalue weighted by atomic mass is 16.5. The molecule has 2 N–H and O–H groups in total. The van der Waals surface area contributed by atoms with Gasteiger partial charge in [-0.1, -0.05) is 0 Å². The molecule has 0 saturated carbocycles. The quantitative estimate of drug-likeness (QED) is 0.637. The number of methoxy groups -OCH3 is 1. The third-order valence-electron chi connectivity index (χ3n) is 1.13. The van der Waals surface area contributed by atoms with Gasteiger partial charge >= 0.3 is 6.09 Å². The van der Waals surface area contributed by atoms with E-state index in [1.165, 1.54) is 12.0 Å². The minimum Gasteiger partial charge on any atom is -0.453 e. The highest BCUT2D eigenvalue weighted by Gasteiger charge is 2.17. The van der Waals surface area contributed by atoms with Gasteiger partial charge < -0.3 is 15.4 Å². The van der Waals surface area contributed by atoms with Crippen molar-refractivity contribution in [2.75, 3.05) is 20.7 Å². The molecule has 0 aromatic heterocycles. The molecule has 0 aliphatic heterocycles. The third-order valence-corrected chi connectivity index (χ3v) is 1.13. The Morgan fingerprint density at radius 1 is 1.64 bits per heavy atom. The number of hydrogen-bond donors (Lipinski definition) is 1. The van der Waals surface area contributed by atoms with E-state index in [9.17, 15) is 4.79 Å². The average molecular weight is 160 g/mol. The molecular weight excluding hydrogens is 144 g/mol. The number of nitrogens with zero attached hydrogens (tertiary/aromatic N) is 1. The van der Waals surface area contributed by atoms with Crippen LogP contribution in [0.1, 0.15) is 13.8 Å². The standard InChI is InChI=1S/C7H16N2O2/c1-7(2,8)5-9(3)6(10)11-4/h5,8H2,1-4H3. The van der Waals surface area contributed by atoms with E-state index in [1.54, 1.807) is 7.05 Å². The molecular formula is C7H16N2O2. The molecule has 0 fully saturated rings. The molecule has 0 atom stereocenters. The Balaban J connectivity index is 3.87. The zero-order valence-corrected chi connectivity index (χ0v) is 7.55. The maximum absolute atomic E-state index is 10.8. The highest BCUT2D eigenvalue weighted by Crippen LogP contribution is 2.00. The summed E-state index contributed by atoms with van der Waals surface area (Å²) in [5, 5.41) is 0. The normalized spacial score (nSPS) is 11.0. The van der Waals surface area contributed by atoms with Crippen LogP contribution in [0.3, 0.4) is 0 Å². The molecule has 0 unspecified atom stereocenters. The predicted molar refractivity (Wildman–Crippen MR) is 43.3 cm³/mol. The monoisotopic (exact) mass is 160 g/mol. The lowest BCUT2D eigenvalue weighted by Gasteiger charge is -2.25. The van der Waals surface area contributed by atoms with E-state index in [1.807, 2.05) is 13.8 Å². The summed E-state index contributed by atoms with van der Waals surface area (Å²) in [6.45, 7) is 4.19. The number of rotatable bonds is 2. The Bertz CT molecular complexity index is 140. The largest absolute Gasteiger partial charge is 0.453 e. The van der Waals surface area contributed by atoms with Gasteiger partial charge in [-0.3, -0.25) is 0 Å². The molecule has 11 heavy (non-hydrogen) atoms. The van der Waals surface area contributed by atoms with Gasteiger partial charge in [-0.25, -0.2) is 4.79 Å². The molecule has 0 heterocycles. The fraction of sp³-hybridized carbons (Fsp3) is 0.857. The van der Waals surface area contributed by atoms with Crippen LogP contribution < -0.4 is 5.73 Å². The van der Waals surface area contributed by atoms with Crippen molar-refractivity contribution in [2.24, 2.45) is 5.73 Å². The van der Waals surface area contributed by atoms with E-state index < -0.39 is 0 Å². The SMILES string of the molecule is COC(=O)N(C)CC(C)(C)N. The summed E-state index contributed by atoms with van der Waals surface area (Å²) >= 11 is 0. The highest BCUT2D eigenvalue weighted by molar-refractivity contribution is 5.67. The van der Waals surface area contributed by atoms with Crippen LogP contribution in [-0.2, 0) is 4.74 Å². The van der Waals surface area contributed by atoms with Gasteiger partial charge in [-0.15, -0.1) is 0 Å². The van der Waals surface area contributed by atoms with Crippen LogP contribution in [0.5, 0.6) is 0 Å². The second kappa shape index (κ2) is 3.57. The van der Waals surface area contributed by atoms with Gasteiger partial charge in [0, 0.05) is 19.1 Å². The number of likely N-dealkylation sites (N-methyl/N-ethyl adjacent to an activating group) is 1.